The molecule has 0 aromatic carbocycles. The van der Waals surface area contributed by atoms with Crippen molar-refractivity contribution in [3.05, 3.63) is 11.6 Å². The highest BCUT2D eigenvalue weighted by Crippen LogP contribution is 2.65. The van der Waals surface area contributed by atoms with Gasteiger partial charge in [-0.1, -0.05) is 19.4 Å². The predicted octanol–water partition coefficient (Wildman–Crippen LogP) is 2.94. The number of nitrogens with zero attached hydrogens (tertiary/aromatic N) is 2. The summed E-state index contributed by atoms with van der Waals surface area (Å²) in [6.45, 7) is 4.82. The van der Waals surface area contributed by atoms with Crippen LogP contribution in [0, 0.1) is 28.6 Å². The second-order valence-corrected chi connectivity index (χ2v) is 9.26. The Labute approximate surface area is 150 Å². The van der Waals surface area contributed by atoms with E-state index in [2.05, 4.69) is 30.1 Å². The van der Waals surface area contributed by atoms with Crippen LogP contribution in [0.5, 0.6) is 0 Å². The molecule has 5 heteroatoms. The highest BCUT2D eigenvalue weighted by molar-refractivity contribution is 5.97. The van der Waals surface area contributed by atoms with E-state index >= 15 is 0 Å². The third-order valence-electron chi connectivity index (χ3n) is 8.22. The molecule has 0 aliphatic heterocycles. The molecule has 0 heterocycles. The van der Waals surface area contributed by atoms with Crippen LogP contribution in [-0.4, -0.2) is 22.9 Å². The number of aliphatic hydroxyl groups is 1. The lowest BCUT2D eigenvalue weighted by Crippen LogP contribution is -2.51. The molecule has 5 nitrogen and oxygen atoms in total. The average Bonchev–Trinajstić information content (AvgIpc) is 2.88. The summed E-state index contributed by atoms with van der Waals surface area (Å²) in [5.74, 6) is 2.25. The highest BCUT2D eigenvalue weighted by atomic mass is 16.3. The van der Waals surface area contributed by atoms with Gasteiger partial charge in [-0.25, -0.2) is 0 Å². The van der Waals surface area contributed by atoms with Gasteiger partial charge in [-0.3, -0.25) is 0 Å². The van der Waals surface area contributed by atoms with Crippen LogP contribution in [0.15, 0.2) is 21.9 Å². The second-order valence-electron chi connectivity index (χ2n) is 9.26. The zero-order valence-electron chi connectivity index (χ0n) is 15.5. The summed E-state index contributed by atoms with van der Waals surface area (Å²) in [5.41, 5.74) is 13.8. The highest BCUT2D eigenvalue weighted by Gasteiger charge is 2.58. The van der Waals surface area contributed by atoms with Crippen LogP contribution in [0.4, 0.5) is 0 Å². The Kier molecular flexibility index (Phi) is 3.98. The first-order chi connectivity index (χ1) is 11.8. The minimum atomic E-state index is -0.0899. The van der Waals surface area contributed by atoms with Gasteiger partial charge in [-0.05, 0) is 86.0 Å². The quantitative estimate of drug-likeness (QED) is 0.387. The van der Waals surface area contributed by atoms with Crippen LogP contribution >= 0.6 is 0 Å². The van der Waals surface area contributed by atoms with Gasteiger partial charge in [0.25, 0.3) is 0 Å². The van der Waals surface area contributed by atoms with E-state index in [9.17, 15) is 5.11 Å². The summed E-state index contributed by atoms with van der Waals surface area (Å²) in [6.07, 6.45) is 11.3. The zero-order chi connectivity index (χ0) is 17.8. The zero-order valence-corrected chi connectivity index (χ0v) is 15.5. The summed E-state index contributed by atoms with van der Waals surface area (Å²) >= 11 is 0. The molecule has 4 aliphatic carbocycles. The first-order valence-electron chi connectivity index (χ1n) is 9.89. The molecular weight excluding hydrogens is 312 g/mol. The fourth-order valence-corrected chi connectivity index (χ4v) is 6.74. The van der Waals surface area contributed by atoms with Crippen molar-refractivity contribution >= 4 is 11.7 Å². The topological polar surface area (TPSA) is 97.0 Å². The Morgan fingerprint density at radius 3 is 2.64 bits per heavy atom. The number of hydrogen-bond acceptors (Lipinski definition) is 3. The SMILES string of the molecule is C[C@]12CC[C@H]3[C@@H](CCC4=C/C(=N\N=C(N)N)CC[C@@]43C)[C@@H]1CC[C@@H]2O. The fourth-order valence-electron chi connectivity index (χ4n) is 6.74. The molecule has 25 heavy (non-hydrogen) atoms. The molecule has 0 aromatic heterocycles. The molecule has 0 amide bonds. The lowest BCUT2D eigenvalue weighted by molar-refractivity contribution is -0.0721. The number of hydrogen-bond donors (Lipinski definition) is 3. The van der Waals surface area contributed by atoms with Gasteiger partial charge in [-0.15, -0.1) is 5.10 Å². The summed E-state index contributed by atoms with van der Waals surface area (Å²) in [6, 6.07) is 0. The molecule has 0 saturated heterocycles. The Hall–Kier alpha value is -1.36. The molecule has 0 aromatic rings. The predicted molar refractivity (Wildman–Crippen MR) is 101 cm³/mol. The standard InChI is InChI=1S/C20H32N4O/c1-19-9-7-13(23-24-18(21)22)11-12(19)3-4-14-15-5-6-17(25)20(15,2)10-8-16(14)19/h11,14-17,25H,3-10H2,1-2H3,(H4,21,22,24)/b23-13-/t14-,15-,16-,17-,19-,20-/m0/s1. The van der Waals surface area contributed by atoms with E-state index in [1.54, 1.807) is 5.57 Å². The van der Waals surface area contributed by atoms with Crippen molar-refractivity contribution in [3.63, 3.8) is 0 Å². The molecule has 5 N–H and O–H groups in total. The van der Waals surface area contributed by atoms with Crippen LogP contribution in [0.25, 0.3) is 0 Å². The van der Waals surface area contributed by atoms with E-state index in [4.69, 9.17) is 11.5 Å². The van der Waals surface area contributed by atoms with Crippen molar-refractivity contribution in [1.29, 1.82) is 0 Å². The van der Waals surface area contributed by atoms with Crippen molar-refractivity contribution < 1.29 is 5.11 Å². The molecule has 0 unspecified atom stereocenters. The Balaban J connectivity index is 1.62. The van der Waals surface area contributed by atoms with E-state index in [1.807, 2.05) is 0 Å². The van der Waals surface area contributed by atoms with Crippen molar-refractivity contribution in [2.75, 3.05) is 0 Å². The Bertz CT molecular complexity index is 650. The largest absolute Gasteiger partial charge is 0.393 e. The van der Waals surface area contributed by atoms with Gasteiger partial charge in [0, 0.05) is 0 Å². The summed E-state index contributed by atoms with van der Waals surface area (Å²) < 4.78 is 0. The maximum Gasteiger partial charge on any atom is 0.211 e. The fraction of sp³-hybridized carbons (Fsp3) is 0.800. The molecule has 6 atom stereocenters. The van der Waals surface area contributed by atoms with Crippen LogP contribution in [-0.2, 0) is 0 Å². The number of aliphatic hydroxyl groups excluding tert-OH is 1. The number of guanidine groups is 1. The molecule has 3 saturated carbocycles. The molecular formula is C20H32N4O. The monoisotopic (exact) mass is 344 g/mol. The van der Waals surface area contributed by atoms with Crippen LogP contribution in [0.3, 0.4) is 0 Å². The summed E-state index contributed by atoms with van der Waals surface area (Å²) in [7, 11) is 0. The molecule has 3 fully saturated rings. The number of rotatable bonds is 1. The number of fused-ring (bicyclic) bond motifs is 5. The number of allylic oxidation sites excluding steroid dienone is 2. The molecule has 138 valence electrons. The molecule has 0 spiro atoms. The smallest absolute Gasteiger partial charge is 0.211 e. The Morgan fingerprint density at radius 2 is 1.88 bits per heavy atom. The van der Waals surface area contributed by atoms with E-state index in [1.165, 1.54) is 25.7 Å². The van der Waals surface area contributed by atoms with Gasteiger partial charge in [0.05, 0.1) is 11.8 Å². The summed E-state index contributed by atoms with van der Waals surface area (Å²) in [4.78, 5) is 0. The maximum atomic E-state index is 10.5. The molecule has 4 rings (SSSR count). The maximum absolute atomic E-state index is 10.5. The minimum absolute atomic E-state index is 0.0225. The third-order valence-corrected chi connectivity index (χ3v) is 8.22. The first-order valence-corrected chi connectivity index (χ1v) is 9.89. The van der Waals surface area contributed by atoms with Crippen molar-refractivity contribution in [2.45, 2.75) is 71.3 Å². The lowest BCUT2D eigenvalue weighted by Gasteiger charge is -2.57. The van der Waals surface area contributed by atoms with E-state index in [-0.39, 0.29) is 22.9 Å². The second kappa shape index (κ2) is 5.83. The molecule has 0 radical (unpaired) electrons. The van der Waals surface area contributed by atoms with E-state index in [0.29, 0.717) is 5.92 Å². The normalized spacial score (nSPS) is 47.5. The van der Waals surface area contributed by atoms with Crippen LogP contribution in [0.2, 0.25) is 0 Å². The summed E-state index contributed by atoms with van der Waals surface area (Å²) in [5, 5.41) is 18.6. The molecule has 0 bridgehead atoms. The molecule has 4 aliphatic rings. The van der Waals surface area contributed by atoms with Gasteiger partial charge >= 0.3 is 0 Å². The van der Waals surface area contributed by atoms with Crippen molar-refractivity contribution in [1.82, 2.24) is 0 Å². The average molecular weight is 345 g/mol. The van der Waals surface area contributed by atoms with Crippen molar-refractivity contribution in [3.8, 4) is 0 Å². The van der Waals surface area contributed by atoms with Gasteiger partial charge in [-0.2, -0.15) is 5.10 Å². The van der Waals surface area contributed by atoms with Crippen molar-refractivity contribution in [2.24, 2.45) is 50.3 Å². The van der Waals surface area contributed by atoms with E-state index < -0.39 is 0 Å². The van der Waals surface area contributed by atoms with Gasteiger partial charge in [0.1, 0.15) is 0 Å². The lowest BCUT2D eigenvalue weighted by atomic mass is 9.47. The Morgan fingerprint density at radius 1 is 1.08 bits per heavy atom. The van der Waals surface area contributed by atoms with Crippen LogP contribution < -0.4 is 11.5 Å². The van der Waals surface area contributed by atoms with Crippen LogP contribution in [0.1, 0.15) is 65.2 Å². The van der Waals surface area contributed by atoms with Gasteiger partial charge < -0.3 is 16.6 Å². The van der Waals surface area contributed by atoms with Gasteiger partial charge in [0.2, 0.25) is 5.96 Å². The number of nitrogens with two attached hydrogens (primary N) is 2. The van der Waals surface area contributed by atoms with Gasteiger partial charge in [0.15, 0.2) is 0 Å². The first kappa shape index (κ1) is 17.1. The minimum Gasteiger partial charge on any atom is -0.393 e. The van der Waals surface area contributed by atoms with E-state index in [0.717, 1.165) is 43.2 Å². The third kappa shape index (κ3) is 2.54.